The smallest absolute Gasteiger partial charge is 0.325 e. The summed E-state index contributed by atoms with van der Waals surface area (Å²) in [5, 5.41) is 3.05. The number of H-pyrrole nitrogens is 1. The maximum atomic E-state index is 13.3. The van der Waals surface area contributed by atoms with Crippen LogP contribution >= 0.6 is 0 Å². The number of nitrogens with one attached hydrogen (secondary N) is 2. The van der Waals surface area contributed by atoms with Crippen LogP contribution in [-0.4, -0.2) is 52.9 Å². The zero-order chi connectivity index (χ0) is 22.2. The summed E-state index contributed by atoms with van der Waals surface area (Å²) in [6, 6.07) is 12.5. The molecule has 0 bridgehead atoms. The highest BCUT2D eigenvalue weighted by Gasteiger charge is 2.31. The number of benzene rings is 1. The van der Waals surface area contributed by atoms with Gasteiger partial charge in [0.25, 0.3) is 5.91 Å². The number of carbonyl (C=O) groups excluding carboxylic acids is 3. The van der Waals surface area contributed by atoms with Crippen LogP contribution in [0.25, 0.3) is 11.3 Å². The summed E-state index contributed by atoms with van der Waals surface area (Å²) in [5.41, 5.74) is 2.06. The highest BCUT2D eigenvalue weighted by Crippen LogP contribution is 2.20. The van der Waals surface area contributed by atoms with Crippen LogP contribution in [0, 0.1) is 0 Å². The molecule has 1 aromatic heterocycles. The van der Waals surface area contributed by atoms with Gasteiger partial charge in [0.05, 0.1) is 6.61 Å². The lowest BCUT2D eigenvalue weighted by Crippen LogP contribution is -2.52. The first-order valence-corrected chi connectivity index (χ1v) is 11.0. The minimum Gasteiger partial charge on any atom is -0.465 e. The molecule has 0 saturated heterocycles. The summed E-state index contributed by atoms with van der Waals surface area (Å²) < 4.78 is 5.04. The number of hydrogen-bond acceptors (Lipinski definition) is 4. The average Bonchev–Trinajstić information content (AvgIpc) is 3.28. The Bertz CT molecular complexity index is 887. The molecule has 166 valence electrons. The van der Waals surface area contributed by atoms with Crippen molar-refractivity contribution >= 4 is 17.8 Å². The molecular formula is C24H31N3O4. The van der Waals surface area contributed by atoms with Gasteiger partial charge < -0.3 is 19.9 Å². The lowest BCUT2D eigenvalue weighted by molar-refractivity contribution is -0.144. The number of aromatic amines is 1. The fourth-order valence-electron chi connectivity index (χ4n) is 3.90. The Morgan fingerprint density at radius 2 is 1.81 bits per heavy atom. The molecule has 1 unspecified atom stereocenters. The Balaban J connectivity index is 1.77. The van der Waals surface area contributed by atoms with Crippen molar-refractivity contribution in [3.05, 3.63) is 48.2 Å². The van der Waals surface area contributed by atoms with E-state index in [4.69, 9.17) is 4.74 Å². The van der Waals surface area contributed by atoms with Crippen molar-refractivity contribution in [1.82, 2.24) is 15.2 Å². The molecule has 1 fully saturated rings. The zero-order valence-corrected chi connectivity index (χ0v) is 18.2. The number of aromatic nitrogens is 1. The summed E-state index contributed by atoms with van der Waals surface area (Å²) in [7, 11) is 0. The Kier molecular flexibility index (Phi) is 7.87. The maximum Gasteiger partial charge on any atom is 0.325 e. The largest absolute Gasteiger partial charge is 0.465 e. The second-order valence-corrected chi connectivity index (χ2v) is 7.91. The molecule has 0 aliphatic heterocycles. The van der Waals surface area contributed by atoms with E-state index in [1.54, 1.807) is 19.9 Å². The quantitative estimate of drug-likeness (QED) is 0.633. The SMILES string of the molecule is CCOC(=O)CN(C(=O)c1ccc(-c2ccccc2)[nH]1)C(C)C(=O)NC1CCCCC1. The number of rotatable bonds is 8. The predicted molar refractivity (Wildman–Crippen MR) is 118 cm³/mol. The maximum absolute atomic E-state index is 13.3. The fourth-order valence-corrected chi connectivity index (χ4v) is 3.90. The summed E-state index contributed by atoms with van der Waals surface area (Å²) in [6.45, 7) is 3.28. The topological polar surface area (TPSA) is 91.5 Å². The van der Waals surface area contributed by atoms with Crippen molar-refractivity contribution in [1.29, 1.82) is 0 Å². The Labute approximate surface area is 183 Å². The van der Waals surface area contributed by atoms with Gasteiger partial charge >= 0.3 is 5.97 Å². The molecule has 1 aliphatic carbocycles. The van der Waals surface area contributed by atoms with Crippen molar-refractivity contribution in [2.24, 2.45) is 0 Å². The van der Waals surface area contributed by atoms with Gasteiger partial charge in [-0.15, -0.1) is 0 Å². The first kappa shape index (κ1) is 22.6. The molecule has 2 amide bonds. The van der Waals surface area contributed by atoms with Gasteiger partial charge in [0.15, 0.2) is 0 Å². The fraction of sp³-hybridized carbons (Fsp3) is 0.458. The average molecular weight is 426 g/mol. The summed E-state index contributed by atoms with van der Waals surface area (Å²) in [4.78, 5) is 42.7. The van der Waals surface area contributed by atoms with Gasteiger partial charge in [-0.1, -0.05) is 49.6 Å². The lowest BCUT2D eigenvalue weighted by atomic mass is 9.95. The molecule has 1 saturated carbocycles. The normalized spacial score (nSPS) is 15.2. The number of amides is 2. The molecule has 1 aromatic carbocycles. The third kappa shape index (κ3) is 5.96. The molecule has 1 aliphatic rings. The molecule has 1 atom stereocenters. The monoisotopic (exact) mass is 425 g/mol. The molecule has 2 aromatic rings. The van der Waals surface area contributed by atoms with Gasteiger partial charge in [0.1, 0.15) is 18.3 Å². The molecule has 7 nitrogen and oxygen atoms in total. The van der Waals surface area contributed by atoms with Crippen LogP contribution in [0.2, 0.25) is 0 Å². The van der Waals surface area contributed by atoms with Crippen LogP contribution in [0.4, 0.5) is 0 Å². The molecule has 7 heteroatoms. The van der Waals surface area contributed by atoms with Crippen molar-refractivity contribution in [3.8, 4) is 11.3 Å². The van der Waals surface area contributed by atoms with E-state index in [0.717, 1.165) is 36.9 Å². The zero-order valence-electron chi connectivity index (χ0n) is 18.2. The number of ether oxygens (including phenoxy) is 1. The summed E-state index contributed by atoms with van der Waals surface area (Å²) >= 11 is 0. The first-order chi connectivity index (χ1) is 15.0. The number of nitrogens with zero attached hydrogens (tertiary/aromatic N) is 1. The number of esters is 1. The molecule has 3 rings (SSSR count). The van der Waals surface area contributed by atoms with E-state index in [-0.39, 0.29) is 25.1 Å². The van der Waals surface area contributed by atoms with Gasteiger partial charge in [-0.05, 0) is 44.4 Å². The van der Waals surface area contributed by atoms with E-state index in [1.165, 1.54) is 11.3 Å². The van der Waals surface area contributed by atoms with Gasteiger partial charge in [-0.2, -0.15) is 0 Å². The van der Waals surface area contributed by atoms with Crippen molar-refractivity contribution in [2.45, 2.75) is 58.0 Å². The lowest BCUT2D eigenvalue weighted by Gasteiger charge is -2.30. The number of carbonyl (C=O) groups is 3. The molecule has 1 heterocycles. The molecule has 31 heavy (non-hydrogen) atoms. The number of hydrogen-bond donors (Lipinski definition) is 2. The predicted octanol–water partition coefficient (Wildman–Crippen LogP) is 3.52. The highest BCUT2D eigenvalue weighted by molar-refractivity contribution is 5.98. The third-order valence-electron chi connectivity index (χ3n) is 5.67. The van der Waals surface area contributed by atoms with Crippen molar-refractivity contribution in [3.63, 3.8) is 0 Å². The van der Waals surface area contributed by atoms with Crippen molar-refractivity contribution < 1.29 is 19.1 Å². The molecular weight excluding hydrogens is 394 g/mol. The Morgan fingerprint density at radius 1 is 1.10 bits per heavy atom. The molecule has 2 N–H and O–H groups in total. The van der Waals surface area contributed by atoms with Crippen LogP contribution in [-0.2, 0) is 14.3 Å². The van der Waals surface area contributed by atoms with Crippen LogP contribution in [0.3, 0.4) is 0 Å². The summed E-state index contributed by atoms with van der Waals surface area (Å²) in [6.07, 6.45) is 5.26. The second kappa shape index (κ2) is 10.8. The van der Waals surface area contributed by atoms with Crippen LogP contribution in [0.15, 0.2) is 42.5 Å². The van der Waals surface area contributed by atoms with E-state index < -0.39 is 17.9 Å². The van der Waals surface area contributed by atoms with Gasteiger partial charge in [-0.25, -0.2) is 0 Å². The Morgan fingerprint density at radius 3 is 2.48 bits per heavy atom. The standard InChI is InChI=1S/C24H31N3O4/c1-3-31-22(28)16-27(17(2)23(29)25-19-12-8-5-9-13-19)24(30)21-15-14-20(26-21)18-10-6-4-7-11-18/h4,6-7,10-11,14-15,17,19,26H,3,5,8-9,12-13,16H2,1-2H3,(H,25,29). The first-order valence-electron chi connectivity index (χ1n) is 11.0. The van der Waals surface area contributed by atoms with E-state index in [1.807, 2.05) is 36.4 Å². The van der Waals surface area contributed by atoms with Gasteiger partial charge in [-0.3, -0.25) is 14.4 Å². The molecule has 0 spiro atoms. The highest BCUT2D eigenvalue weighted by atomic mass is 16.5. The van der Waals surface area contributed by atoms with Crippen LogP contribution in [0.1, 0.15) is 56.4 Å². The Hall–Kier alpha value is -3.09. The van der Waals surface area contributed by atoms with Crippen molar-refractivity contribution in [2.75, 3.05) is 13.2 Å². The van der Waals surface area contributed by atoms with Crippen LogP contribution < -0.4 is 5.32 Å². The van der Waals surface area contributed by atoms with E-state index in [2.05, 4.69) is 10.3 Å². The van der Waals surface area contributed by atoms with Gasteiger partial charge in [0, 0.05) is 11.7 Å². The van der Waals surface area contributed by atoms with Gasteiger partial charge in [0.2, 0.25) is 5.91 Å². The van der Waals surface area contributed by atoms with E-state index in [0.29, 0.717) is 5.69 Å². The minimum atomic E-state index is -0.803. The van der Waals surface area contributed by atoms with E-state index >= 15 is 0 Å². The van der Waals surface area contributed by atoms with E-state index in [9.17, 15) is 14.4 Å². The second-order valence-electron chi connectivity index (χ2n) is 7.91. The molecule has 0 radical (unpaired) electrons. The van der Waals surface area contributed by atoms with Crippen LogP contribution in [0.5, 0.6) is 0 Å². The third-order valence-corrected chi connectivity index (χ3v) is 5.67. The summed E-state index contributed by atoms with van der Waals surface area (Å²) in [5.74, 6) is -1.20. The minimum absolute atomic E-state index is 0.124.